The number of ether oxygens (including phenoxy) is 2. The van der Waals surface area contributed by atoms with Gasteiger partial charge in [0.25, 0.3) is 0 Å². The van der Waals surface area contributed by atoms with Crippen molar-refractivity contribution in [2.24, 2.45) is 0 Å². The number of anilines is 1. The van der Waals surface area contributed by atoms with Gasteiger partial charge in [-0.25, -0.2) is 0 Å². The van der Waals surface area contributed by atoms with E-state index >= 15 is 0 Å². The van der Waals surface area contributed by atoms with Crippen molar-refractivity contribution in [2.75, 3.05) is 18.5 Å². The van der Waals surface area contributed by atoms with Crippen LogP contribution in [0, 0.1) is 13.8 Å². The van der Waals surface area contributed by atoms with E-state index in [0.29, 0.717) is 30.4 Å². The van der Waals surface area contributed by atoms with E-state index in [4.69, 9.17) is 14.0 Å². The third kappa shape index (κ3) is 3.65. The molecule has 2 heterocycles. The van der Waals surface area contributed by atoms with Gasteiger partial charge in [-0.3, -0.25) is 4.79 Å². The van der Waals surface area contributed by atoms with Crippen LogP contribution in [0.15, 0.2) is 47.0 Å². The van der Waals surface area contributed by atoms with Crippen LogP contribution in [0.2, 0.25) is 0 Å². The lowest BCUT2D eigenvalue weighted by atomic mass is 10.1. The minimum absolute atomic E-state index is 0.134. The maximum Gasteiger partial charge on any atom is 0.230 e. The van der Waals surface area contributed by atoms with E-state index in [-0.39, 0.29) is 12.3 Å². The highest BCUT2D eigenvalue weighted by Crippen LogP contribution is 2.34. The Morgan fingerprint density at radius 1 is 1.07 bits per heavy atom. The van der Waals surface area contributed by atoms with Crippen molar-refractivity contribution in [3.8, 4) is 22.8 Å². The fourth-order valence-electron chi connectivity index (χ4n) is 2.97. The number of fused-ring (bicyclic) bond motifs is 1. The number of nitrogens with zero attached hydrogens (tertiary/aromatic N) is 1. The summed E-state index contributed by atoms with van der Waals surface area (Å²) in [6.07, 6.45) is 0.140. The average Bonchev–Trinajstić information content (AvgIpc) is 3.13. The molecule has 0 radical (unpaired) electrons. The number of benzene rings is 2. The molecule has 6 heteroatoms. The predicted octanol–water partition coefficient (Wildman–Crippen LogP) is 3.91. The standard InChI is InChI=1S/C21H20N2O4/c1-13-4-3-5-17(14(13)2)22-21(24)12-16-11-19(27-23-16)15-6-7-18-20(10-15)26-9-8-25-18/h3-7,10-11H,8-9,12H2,1-2H3,(H,22,24). The molecule has 0 bridgehead atoms. The Balaban J connectivity index is 1.46. The van der Waals surface area contributed by atoms with Gasteiger partial charge in [0.15, 0.2) is 17.3 Å². The molecule has 0 saturated carbocycles. The summed E-state index contributed by atoms with van der Waals surface area (Å²) in [6, 6.07) is 13.2. The van der Waals surface area contributed by atoms with Gasteiger partial charge in [-0.15, -0.1) is 0 Å². The van der Waals surface area contributed by atoms with E-state index in [0.717, 1.165) is 28.1 Å². The van der Waals surface area contributed by atoms with Gasteiger partial charge in [-0.05, 0) is 49.2 Å². The molecule has 2 aromatic carbocycles. The highest BCUT2D eigenvalue weighted by atomic mass is 16.6. The number of aromatic nitrogens is 1. The molecule has 0 aliphatic carbocycles. The largest absolute Gasteiger partial charge is 0.486 e. The summed E-state index contributed by atoms with van der Waals surface area (Å²) in [5.41, 5.74) is 4.41. The number of hydrogen-bond acceptors (Lipinski definition) is 5. The Kier molecular flexibility index (Phi) is 4.54. The van der Waals surface area contributed by atoms with E-state index in [2.05, 4.69) is 10.5 Å². The topological polar surface area (TPSA) is 73.6 Å². The number of hydrogen-bond donors (Lipinski definition) is 1. The number of aryl methyl sites for hydroxylation is 1. The van der Waals surface area contributed by atoms with Crippen LogP contribution < -0.4 is 14.8 Å². The van der Waals surface area contributed by atoms with Crippen molar-refractivity contribution in [1.82, 2.24) is 5.16 Å². The average molecular weight is 364 g/mol. The van der Waals surface area contributed by atoms with Crippen molar-refractivity contribution in [3.63, 3.8) is 0 Å². The number of nitrogens with one attached hydrogen (secondary N) is 1. The fourth-order valence-corrected chi connectivity index (χ4v) is 2.97. The highest BCUT2D eigenvalue weighted by Gasteiger charge is 2.16. The molecule has 0 saturated heterocycles. The molecule has 0 spiro atoms. The van der Waals surface area contributed by atoms with Gasteiger partial charge in [-0.1, -0.05) is 17.3 Å². The minimum atomic E-state index is -0.134. The molecule has 1 N–H and O–H groups in total. The van der Waals surface area contributed by atoms with Crippen LogP contribution in [0.25, 0.3) is 11.3 Å². The van der Waals surface area contributed by atoms with Gasteiger partial charge in [0.1, 0.15) is 13.2 Å². The molecule has 0 fully saturated rings. The molecule has 1 aromatic heterocycles. The second-order valence-corrected chi connectivity index (χ2v) is 6.51. The number of carbonyl (C=O) groups is 1. The third-order valence-corrected chi connectivity index (χ3v) is 4.61. The lowest BCUT2D eigenvalue weighted by Crippen LogP contribution is -2.15. The van der Waals surface area contributed by atoms with Crippen molar-refractivity contribution < 1.29 is 18.8 Å². The van der Waals surface area contributed by atoms with Gasteiger partial charge in [0.05, 0.1) is 12.1 Å². The second kappa shape index (κ2) is 7.15. The summed E-state index contributed by atoms with van der Waals surface area (Å²) < 4.78 is 16.5. The third-order valence-electron chi connectivity index (χ3n) is 4.61. The number of carbonyl (C=O) groups excluding carboxylic acids is 1. The molecule has 6 nitrogen and oxygen atoms in total. The zero-order chi connectivity index (χ0) is 18.8. The fraction of sp³-hybridized carbons (Fsp3) is 0.238. The molecule has 3 aromatic rings. The zero-order valence-corrected chi connectivity index (χ0v) is 15.2. The molecule has 27 heavy (non-hydrogen) atoms. The summed E-state index contributed by atoms with van der Waals surface area (Å²) in [5.74, 6) is 1.86. The molecule has 1 amide bonds. The Morgan fingerprint density at radius 2 is 1.89 bits per heavy atom. The summed E-state index contributed by atoms with van der Waals surface area (Å²) in [6.45, 7) is 5.08. The van der Waals surface area contributed by atoms with E-state index in [1.54, 1.807) is 6.07 Å². The maximum atomic E-state index is 12.4. The van der Waals surface area contributed by atoms with Crippen LogP contribution in [-0.4, -0.2) is 24.3 Å². The highest BCUT2D eigenvalue weighted by molar-refractivity contribution is 5.93. The van der Waals surface area contributed by atoms with Crippen LogP contribution in [0.4, 0.5) is 5.69 Å². The van der Waals surface area contributed by atoms with Gasteiger partial charge in [-0.2, -0.15) is 0 Å². The molecule has 0 atom stereocenters. The Bertz CT molecular complexity index is 994. The van der Waals surface area contributed by atoms with E-state index in [1.807, 2.05) is 50.2 Å². The Labute approximate surface area is 157 Å². The lowest BCUT2D eigenvalue weighted by molar-refractivity contribution is -0.115. The van der Waals surface area contributed by atoms with E-state index in [9.17, 15) is 4.79 Å². The van der Waals surface area contributed by atoms with Crippen molar-refractivity contribution >= 4 is 11.6 Å². The first-order valence-electron chi connectivity index (χ1n) is 8.82. The smallest absolute Gasteiger partial charge is 0.230 e. The van der Waals surface area contributed by atoms with Gasteiger partial charge >= 0.3 is 0 Å². The first-order chi connectivity index (χ1) is 13.1. The Morgan fingerprint density at radius 3 is 2.74 bits per heavy atom. The predicted molar refractivity (Wildman–Crippen MR) is 101 cm³/mol. The molecule has 1 aliphatic rings. The van der Waals surface area contributed by atoms with E-state index < -0.39 is 0 Å². The van der Waals surface area contributed by atoms with Crippen LogP contribution in [-0.2, 0) is 11.2 Å². The van der Waals surface area contributed by atoms with Crippen LogP contribution in [0.1, 0.15) is 16.8 Å². The SMILES string of the molecule is Cc1cccc(NC(=O)Cc2cc(-c3ccc4c(c3)OCCO4)on2)c1C. The molecule has 4 rings (SSSR count). The molecule has 138 valence electrons. The summed E-state index contributed by atoms with van der Waals surface area (Å²) in [7, 11) is 0. The second-order valence-electron chi connectivity index (χ2n) is 6.51. The summed E-state index contributed by atoms with van der Waals surface area (Å²) in [4.78, 5) is 12.4. The van der Waals surface area contributed by atoms with Crippen molar-refractivity contribution in [3.05, 3.63) is 59.3 Å². The Hall–Kier alpha value is -3.28. The number of rotatable bonds is 4. The molecule has 1 aliphatic heterocycles. The summed E-state index contributed by atoms with van der Waals surface area (Å²) >= 11 is 0. The monoisotopic (exact) mass is 364 g/mol. The van der Waals surface area contributed by atoms with Gasteiger partial charge < -0.3 is 19.3 Å². The first-order valence-corrected chi connectivity index (χ1v) is 8.82. The lowest BCUT2D eigenvalue weighted by Gasteiger charge is -2.18. The van der Waals surface area contributed by atoms with Crippen LogP contribution >= 0.6 is 0 Å². The minimum Gasteiger partial charge on any atom is -0.486 e. The molecule has 0 unspecified atom stereocenters. The van der Waals surface area contributed by atoms with Gasteiger partial charge in [0, 0.05) is 17.3 Å². The van der Waals surface area contributed by atoms with Crippen LogP contribution in [0.5, 0.6) is 11.5 Å². The molecular formula is C21H20N2O4. The quantitative estimate of drug-likeness (QED) is 0.760. The molecular weight excluding hydrogens is 344 g/mol. The van der Waals surface area contributed by atoms with Gasteiger partial charge in [0.2, 0.25) is 5.91 Å². The first kappa shape index (κ1) is 17.1. The number of amides is 1. The van der Waals surface area contributed by atoms with Crippen LogP contribution in [0.3, 0.4) is 0 Å². The van der Waals surface area contributed by atoms with Crippen molar-refractivity contribution in [2.45, 2.75) is 20.3 Å². The van der Waals surface area contributed by atoms with Crippen molar-refractivity contribution in [1.29, 1.82) is 0 Å². The van der Waals surface area contributed by atoms with E-state index in [1.165, 1.54) is 0 Å². The maximum absolute atomic E-state index is 12.4. The zero-order valence-electron chi connectivity index (χ0n) is 15.2. The normalized spacial score (nSPS) is 12.7. The summed E-state index contributed by atoms with van der Waals surface area (Å²) in [5, 5.41) is 6.95.